The molecule has 4 fully saturated rings. The summed E-state index contributed by atoms with van der Waals surface area (Å²) in [4.78, 5) is 12.6. The van der Waals surface area contributed by atoms with Crippen LogP contribution in [-0.2, 0) is 26.4 Å². The van der Waals surface area contributed by atoms with Gasteiger partial charge in [0.05, 0.1) is 17.5 Å². The lowest BCUT2D eigenvalue weighted by Gasteiger charge is -2.57. The summed E-state index contributed by atoms with van der Waals surface area (Å²) in [5, 5.41) is 2.48. The molecule has 0 unspecified atom stereocenters. The van der Waals surface area contributed by atoms with Gasteiger partial charge >= 0.3 is 6.18 Å². The summed E-state index contributed by atoms with van der Waals surface area (Å²) >= 11 is 0. The number of benzene rings is 2. The van der Waals surface area contributed by atoms with Crippen LogP contribution in [0.25, 0.3) is 0 Å². The van der Waals surface area contributed by atoms with Crippen molar-refractivity contribution in [2.24, 2.45) is 17.8 Å². The Hall–Kier alpha value is -2.55. The van der Waals surface area contributed by atoms with Gasteiger partial charge in [0.25, 0.3) is 0 Å². The number of sulfonamides is 1. The zero-order valence-electron chi connectivity index (χ0n) is 19.5. The number of alkyl halides is 3. The second kappa shape index (κ2) is 8.54. The molecule has 0 saturated heterocycles. The summed E-state index contributed by atoms with van der Waals surface area (Å²) in [6.07, 6.45) is 4.17. The Balaban J connectivity index is 1.31. The summed E-state index contributed by atoms with van der Waals surface area (Å²) < 4.78 is 64.3. The highest BCUT2D eigenvalue weighted by molar-refractivity contribution is 7.92. The molecule has 0 spiro atoms. The van der Waals surface area contributed by atoms with E-state index in [-0.39, 0.29) is 11.1 Å². The maximum Gasteiger partial charge on any atom is 0.416 e. The first kappa shape index (κ1) is 24.2. The van der Waals surface area contributed by atoms with Crippen LogP contribution in [-0.4, -0.2) is 27.1 Å². The highest BCUT2D eigenvalue weighted by Crippen LogP contribution is 2.60. The predicted molar refractivity (Wildman–Crippen MR) is 129 cm³/mol. The highest BCUT2D eigenvalue weighted by atomic mass is 32.2. The normalized spacial score (nSPS) is 27.6. The zero-order valence-corrected chi connectivity index (χ0v) is 20.3. The lowest BCUT2D eigenvalue weighted by molar-refractivity contribution is -0.137. The van der Waals surface area contributed by atoms with Crippen molar-refractivity contribution < 1.29 is 26.4 Å². The van der Waals surface area contributed by atoms with Crippen LogP contribution >= 0.6 is 0 Å². The Kier molecular flexibility index (Phi) is 5.89. The van der Waals surface area contributed by atoms with E-state index >= 15 is 0 Å². The lowest BCUT2D eigenvalue weighted by Crippen LogP contribution is -2.48. The van der Waals surface area contributed by atoms with Crippen LogP contribution in [0.3, 0.4) is 0 Å². The molecule has 2 aromatic carbocycles. The fourth-order valence-electron chi connectivity index (χ4n) is 6.92. The van der Waals surface area contributed by atoms with Crippen LogP contribution in [0.4, 0.5) is 24.5 Å². The summed E-state index contributed by atoms with van der Waals surface area (Å²) in [5.41, 5.74) is 1.16. The molecule has 4 bridgehead atoms. The van der Waals surface area contributed by atoms with Crippen LogP contribution in [0.15, 0.2) is 48.5 Å². The molecule has 4 aliphatic rings. The summed E-state index contributed by atoms with van der Waals surface area (Å²) in [5.74, 6) is 1.74. The van der Waals surface area contributed by atoms with Crippen LogP contribution in [0.2, 0.25) is 0 Å². The first-order chi connectivity index (χ1) is 16.4. The Morgan fingerprint density at radius 2 is 1.46 bits per heavy atom. The first-order valence-electron chi connectivity index (χ1n) is 12.0. The van der Waals surface area contributed by atoms with Gasteiger partial charge < -0.3 is 5.32 Å². The third-order valence-electron chi connectivity index (χ3n) is 7.99. The van der Waals surface area contributed by atoms with Gasteiger partial charge in [0.1, 0.15) is 6.54 Å². The van der Waals surface area contributed by atoms with Gasteiger partial charge in [-0.1, -0.05) is 12.1 Å². The monoisotopic (exact) mass is 506 g/mol. The SMILES string of the molecule is CS(=O)(=O)N(CC(=O)Nc1ccc(C(F)(F)F)cc1)c1ccc(C23CC4CC(CC(C4)C2)C3)cc1. The molecule has 188 valence electrons. The van der Waals surface area contributed by atoms with E-state index in [2.05, 4.69) is 5.32 Å². The Morgan fingerprint density at radius 1 is 0.943 bits per heavy atom. The minimum atomic E-state index is -4.47. The van der Waals surface area contributed by atoms with Crippen molar-refractivity contribution >= 4 is 27.3 Å². The number of nitrogens with one attached hydrogen (secondary N) is 1. The minimum Gasteiger partial charge on any atom is -0.325 e. The molecule has 35 heavy (non-hydrogen) atoms. The number of halogens is 3. The fourth-order valence-corrected chi connectivity index (χ4v) is 7.78. The molecule has 9 heteroatoms. The van der Waals surface area contributed by atoms with Crippen LogP contribution in [0.1, 0.15) is 49.7 Å². The molecule has 6 rings (SSSR count). The van der Waals surface area contributed by atoms with E-state index in [1.807, 2.05) is 12.1 Å². The maximum atomic E-state index is 12.7. The van der Waals surface area contributed by atoms with Gasteiger partial charge in [-0.3, -0.25) is 9.10 Å². The van der Waals surface area contributed by atoms with E-state index in [1.54, 1.807) is 12.1 Å². The zero-order chi connectivity index (χ0) is 25.0. The number of amides is 1. The van der Waals surface area contributed by atoms with E-state index in [4.69, 9.17) is 0 Å². The summed E-state index contributed by atoms with van der Waals surface area (Å²) in [6, 6.07) is 11.6. The molecule has 1 N–H and O–H groups in total. The molecule has 0 aliphatic heterocycles. The standard InChI is InChI=1S/C26H29F3N2O3S/c1-35(33,34)31(16-24(32)30-22-6-2-21(3-7-22)26(27,28)29)23-8-4-20(5-9-23)25-13-17-10-18(14-25)12-19(11-17)15-25/h2-9,17-19H,10-16H2,1H3,(H,30,32). The number of rotatable bonds is 6. The van der Waals surface area contributed by atoms with Gasteiger partial charge in [0.2, 0.25) is 15.9 Å². The van der Waals surface area contributed by atoms with E-state index in [9.17, 15) is 26.4 Å². The molecule has 4 saturated carbocycles. The molecule has 0 heterocycles. The Labute approximate surface area is 203 Å². The molecule has 1 amide bonds. The van der Waals surface area contributed by atoms with Gasteiger partial charge in [0, 0.05) is 5.69 Å². The van der Waals surface area contributed by atoms with E-state index in [0.29, 0.717) is 5.69 Å². The molecule has 2 aromatic rings. The second-order valence-electron chi connectivity index (χ2n) is 10.6. The van der Waals surface area contributed by atoms with Gasteiger partial charge in [-0.2, -0.15) is 13.2 Å². The van der Waals surface area contributed by atoms with Crippen LogP contribution in [0.5, 0.6) is 0 Å². The van der Waals surface area contributed by atoms with Gasteiger partial charge in [-0.25, -0.2) is 8.42 Å². The van der Waals surface area contributed by atoms with E-state index < -0.39 is 34.2 Å². The molecule has 0 radical (unpaired) electrons. The number of hydrogen-bond acceptors (Lipinski definition) is 3. The molecular formula is C26H29F3N2O3S. The molecule has 4 aliphatic carbocycles. The molecule has 5 nitrogen and oxygen atoms in total. The highest BCUT2D eigenvalue weighted by Gasteiger charge is 2.51. The summed E-state index contributed by atoms with van der Waals surface area (Å²) in [7, 11) is -3.77. The van der Waals surface area contributed by atoms with Crippen molar-refractivity contribution in [3.8, 4) is 0 Å². The maximum absolute atomic E-state index is 12.7. The number of anilines is 2. The predicted octanol–water partition coefficient (Wildman–Crippen LogP) is 5.58. The Morgan fingerprint density at radius 3 is 1.91 bits per heavy atom. The van der Waals surface area contributed by atoms with Gasteiger partial charge in [0.15, 0.2) is 0 Å². The van der Waals surface area contributed by atoms with Crippen molar-refractivity contribution in [2.75, 3.05) is 22.4 Å². The van der Waals surface area contributed by atoms with Crippen molar-refractivity contribution in [3.63, 3.8) is 0 Å². The van der Waals surface area contributed by atoms with Crippen molar-refractivity contribution in [2.45, 2.75) is 50.1 Å². The van der Waals surface area contributed by atoms with Gasteiger partial charge in [-0.05, 0) is 104 Å². The fraction of sp³-hybridized carbons (Fsp3) is 0.500. The quantitative estimate of drug-likeness (QED) is 0.557. The lowest BCUT2D eigenvalue weighted by atomic mass is 9.48. The third kappa shape index (κ3) is 4.92. The molecule has 0 atom stereocenters. The third-order valence-corrected chi connectivity index (χ3v) is 9.13. The van der Waals surface area contributed by atoms with Crippen molar-refractivity contribution in [1.82, 2.24) is 0 Å². The molecule has 0 aromatic heterocycles. The Bertz CT molecular complexity index is 1170. The number of nitrogens with zero attached hydrogens (tertiary/aromatic N) is 1. The van der Waals surface area contributed by atoms with E-state index in [0.717, 1.165) is 52.6 Å². The second-order valence-corrected chi connectivity index (χ2v) is 12.5. The smallest absolute Gasteiger partial charge is 0.325 e. The van der Waals surface area contributed by atoms with Crippen LogP contribution < -0.4 is 9.62 Å². The van der Waals surface area contributed by atoms with Crippen LogP contribution in [0, 0.1) is 17.8 Å². The topological polar surface area (TPSA) is 66.5 Å². The first-order valence-corrected chi connectivity index (χ1v) is 13.8. The number of carbonyl (C=O) groups excluding carboxylic acids is 1. The largest absolute Gasteiger partial charge is 0.416 e. The van der Waals surface area contributed by atoms with Gasteiger partial charge in [-0.15, -0.1) is 0 Å². The van der Waals surface area contributed by atoms with Crippen molar-refractivity contribution in [1.29, 1.82) is 0 Å². The van der Waals surface area contributed by atoms with Crippen molar-refractivity contribution in [3.05, 3.63) is 59.7 Å². The number of carbonyl (C=O) groups is 1. The average molecular weight is 507 g/mol. The molecular weight excluding hydrogens is 477 g/mol. The average Bonchev–Trinajstić information content (AvgIpc) is 2.76. The van der Waals surface area contributed by atoms with E-state index in [1.165, 1.54) is 44.1 Å². The number of hydrogen-bond donors (Lipinski definition) is 1. The minimum absolute atomic E-state index is 0.161. The summed E-state index contributed by atoms with van der Waals surface area (Å²) in [6.45, 7) is -0.476.